The molecule has 3 heterocycles. The van der Waals surface area contributed by atoms with Gasteiger partial charge in [0.1, 0.15) is 16.9 Å². The molecule has 32 heavy (non-hydrogen) atoms. The highest BCUT2D eigenvalue weighted by Gasteiger charge is 2.23. The van der Waals surface area contributed by atoms with Gasteiger partial charge in [0, 0.05) is 25.5 Å². The SMILES string of the molecule is CC(C)OCCCNC(=O)c1c(N)n(N=Cc2ccncc2)c2nc3ccccc3nc12. The van der Waals surface area contributed by atoms with Gasteiger partial charge in [0.15, 0.2) is 5.65 Å². The van der Waals surface area contributed by atoms with Crippen molar-refractivity contribution in [2.24, 2.45) is 5.10 Å². The number of nitrogen functional groups attached to an aromatic ring is 1. The van der Waals surface area contributed by atoms with Gasteiger partial charge in [-0.05, 0) is 50.1 Å². The number of anilines is 1. The summed E-state index contributed by atoms with van der Waals surface area (Å²) in [4.78, 5) is 26.4. The lowest BCUT2D eigenvalue weighted by atomic mass is 10.2. The van der Waals surface area contributed by atoms with Crippen molar-refractivity contribution in [2.75, 3.05) is 18.9 Å². The first-order valence-electron chi connectivity index (χ1n) is 10.5. The summed E-state index contributed by atoms with van der Waals surface area (Å²) >= 11 is 0. The van der Waals surface area contributed by atoms with Crippen LogP contribution in [0.2, 0.25) is 0 Å². The number of para-hydroxylation sites is 2. The van der Waals surface area contributed by atoms with Gasteiger partial charge in [-0.25, -0.2) is 9.97 Å². The first-order valence-corrected chi connectivity index (χ1v) is 10.5. The van der Waals surface area contributed by atoms with Crippen molar-refractivity contribution in [3.05, 3.63) is 59.9 Å². The Labute approximate surface area is 185 Å². The van der Waals surface area contributed by atoms with Gasteiger partial charge in [0.05, 0.1) is 23.4 Å². The molecule has 0 radical (unpaired) electrons. The molecule has 0 unspecified atom stereocenters. The second kappa shape index (κ2) is 9.52. The van der Waals surface area contributed by atoms with E-state index in [1.54, 1.807) is 18.6 Å². The van der Waals surface area contributed by atoms with Crippen molar-refractivity contribution in [1.82, 2.24) is 24.9 Å². The number of rotatable bonds is 8. The molecular formula is C23H25N7O2. The Bertz CT molecular complexity index is 1270. The van der Waals surface area contributed by atoms with Gasteiger partial charge in [-0.3, -0.25) is 9.78 Å². The Kier molecular flexibility index (Phi) is 6.37. The molecule has 1 amide bonds. The number of amides is 1. The van der Waals surface area contributed by atoms with E-state index in [0.29, 0.717) is 41.8 Å². The van der Waals surface area contributed by atoms with E-state index in [0.717, 1.165) is 5.56 Å². The summed E-state index contributed by atoms with van der Waals surface area (Å²) in [5.74, 6) is -0.143. The van der Waals surface area contributed by atoms with Crippen LogP contribution in [0.3, 0.4) is 0 Å². The van der Waals surface area contributed by atoms with Crippen LogP contribution in [0.5, 0.6) is 0 Å². The van der Waals surface area contributed by atoms with Crippen molar-refractivity contribution in [2.45, 2.75) is 26.4 Å². The van der Waals surface area contributed by atoms with Crippen molar-refractivity contribution < 1.29 is 9.53 Å². The van der Waals surface area contributed by atoms with Crippen LogP contribution in [0.1, 0.15) is 36.2 Å². The molecule has 0 saturated heterocycles. The maximum absolute atomic E-state index is 13.0. The molecule has 9 nitrogen and oxygen atoms in total. The molecule has 9 heteroatoms. The first-order chi connectivity index (χ1) is 15.5. The third kappa shape index (κ3) is 4.57. The van der Waals surface area contributed by atoms with E-state index in [1.165, 1.54) is 4.68 Å². The summed E-state index contributed by atoms with van der Waals surface area (Å²) in [5, 5.41) is 7.38. The molecule has 164 valence electrons. The zero-order chi connectivity index (χ0) is 22.5. The summed E-state index contributed by atoms with van der Waals surface area (Å²) in [5.41, 5.74) is 9.67. The molecule has 3 N–H and O–H groups in total. The van der Waals surface area contributed by atoms with Crippen LogP contribution in [-0.4, -0.2) is 51.0 Å². The molecule has 0 spiro atoms. The maximum Gasteiger partial charge on any atom is 0.257 e. The Hall–Kier alpha value is -3.85. The monoisotopic (exact) mass is 431 g/mol. The lowest BCUT2D eigenvalue weighted by Gasteiger charge is -2.08. The van der Waals surface area contributed by atoms with E-state index in [2.05, 4.69) is 25.4 Å². The number of pyridine rings is 1. The number of nitrogens with one attached hydrogen (secondary N) is 1. The van der Waals surface area contributed by atoms with Gasteiger partial charge in [-0.2, -0.15) is 9.78 Å². The van der Waals surface area contributed by atoms with Crippen LogP contribution in [-0.2, 0) is 4.74 Å². The number of carbonyl (C=O) groups excluding carboxylic acids is 1. The topological polar surface area (TPSA) is 120 Å². The molecule has 4 rings (SSSR count). The molecular weight excluding hydrogens is 406 g/mol. The Morgan fingerprint density at radius 1 is 1.19 bits per heavy atom. The number of benzene rings is 1. The lowest BCUT2D eigenvalue weighted by molar-refractivity contribution is 0.0757. The van der Waals surface area contributed by atoms with Crippen LogP contribution in [0.25, 0.3) is 22.2 Å². The molecule has 0 fully saturated rings. The van der Waals surface area contributed by atoms with E-state index in [4.69, 9.17) is 10.5 Å². The molecule has 0 aliphatic carbocycles. The number of nitrogens with zero attached hydrogens (tertiary/aromatic N) is 5. The standard InChI is InChI=1S/C23H25N7O2/c1-15(2)32-13-5-10-26-23(31)19-20-22(29-18-7-4-3-6-17(18)28-20)30(21(19)24)27-14-16-8-11-25-12-9-16/h3-4,6-9,11-12,14-15H,5,10,13,24H2,1-2H3,(H,26,31). The van der Waals surface area contributed by atoms with Crippen LogP contribution in [0.4, 0.5) is 5.82 Å². The largest absolute Gasteiger partial charge is 0.383 e. The minimum absolute atomic E-state index is 0.154. The summed E-state index contributed by atoms with van der Waals surface area (Å²) in [6, 6.07) is 11.1. The van der Waals surface area contributed by atoms with Gasteiger partial charge in [-0.1, -0.05) is 12.1 Å². The molecule has 1 aromatic carbocycles. The quantitative estimate of drug-likeness (QED) is 0.327. The number of ether oxygens (including phenoxy) is 1. The average molecular weight is 432 g/mol. The Morgan fingerprint density at radius 3 is 2.62 bits per heavy atom. The third-order valence-electron chi connectivity index (χ3n) is 4.79. The number of hydrogen-bond acceptors (Lipinski definition) is 7. The molecule has 3 aromatic heterocycles. The summed E-state index contributed by atoms with van der Waals surface area (Å²) < 4.78 is 6.97. The summed E-state index contributed by atoms with van der Waals surface area (Å²) in [6.45, 7) is 4.97. The molecule has 0 aliphatic heterocycles. The van der Waals surface area contributed by atoms with E-state index < -0.39 is 0 Å². The van der Waals surface area contributed by atoms with Gasteiger partial charge in [0.25, 0.3) is 5.91 Å². The number of fused-ring (bicyclic) bond motifs is 2. The van der Waals surface area contributed by atoms with Crippen LogP contribution in [0, 0.1) is 0 Å². The van der Waals surface area contributed by atoms with Crippen molar-refractivity contribution in [3.8, 4) is 0 Å². The zero-order valence-electron chi connectivity index (χ0n) is 18.0. The highest BCUT2D eigenvalue weighted by atomic mass is 16.5. The number of carbonyl (C=O) groups is 1. The number of nitrogens with two attached hydrogens (primary N) is 1. The van der Waals surface area contributed by atoms with Crippen LogP contribution in [0.15, 0.2) is 53.9 Å². The van der Waals surface area contributed by atoms with Gasteiger partial charge < -0.3 is 15.8 Å². The fourth-order valence-corrected chi connectivity index (χ4v) is 3.24. The van der Waals surface area contributed by atoms with Gasteiger partial charge in [-0.15, -0.1) is 0 Å². The maximum atomic E-state index is 13.0. The van der Waals surface area contributed by atoms with E-state index in [1.807, 2.05) is 50.2 Å². The lowest BCUT2D eigenvalue weighted by Crippen LogP contribution is -2.26. The minimum atomic E-state index is -0.320. The predicted octanol–water partition coefficient (Wildman–Crippen LogP) is 2.99. The highest BCUT2D eigenvalue weighted by molar-refractivity contribution is 6.10. The van der Waals surface area contributed by atoms with Crippen molar-refractivity contribution in [1.29, 1.82) is 0 Å². The zero-order valence-corrected chi connectivity index (χ0v) is 18.0. The molecule has 4 aromatic rings. The Morgan fingerprint density at radius 2 is 1.91 bits per heavy atom. The summed E-state index contributed by atoms with van der Waals surface area (Å²) in [7, 11) is 0. The first kappa shape index (κ1) is 21.4. The van der Waals surface area contributed by atoms with E-state index in [-0.39, 0.29) is 23.4 Å². The molecule has 0 atom stereocenters. The van der Waals surface area contributed by atoms with Gasteiger partial charge >= 0.3 is 0 Å². The smallest absolute Gasteiger partial charge is 0.257 e. The second-order valence-corrected chi connectivity index (χ2v) is 7.51. The third-order valence-corrected chi connectivity index (χ3v) is 4.79. The molecule has 0 saturated carbocycles. The van der Waals surface area contributed by atoms with E-state index in [9.17, 15) is 4.79 Å². The molecule has 0 bridgehead atoms. The van der Waals surface area contributed by atoms with Gasteiger partial charge in [0.2, 0.25) is 0 Å². The Balaban J connectivity index is 1.71. The fourth-order valence-electron chi connectivity index (χ4n) is 3.24. The highest BCUT2D eigenvalue weighted by Crippen LogP contribution is 2.27. The van der Waals surface area contributed by atoms with Crippen LogP contribution < -0.4 is 11.1 Å². The normalized spacial score (nSPS) is 11.7. The van der Waals surface area contributed by atoms with Crippen LogP contribution >= 0.6 is 0 Å². The number of aromatic nitrogens is 4. The minimum Gasteiger partial charge on any atom is -0.383 e. The average Bonchev–Trinajstić information content (AvgIpc) is 3.06. The van der Waals surface area contributed by atoms with E-state index >= 15 is 0 Å². The van der Waals surface area contributed by atoms with Crippen molar-refractivity contribution >= 4 is 40.1 Å². The van der Waals surface area contributed by atoms with Crippen molar-refractivity contribution in [3.63, 3.8) is 0 Å². The summed E-state index contributed by atoms with van der Waals surface area (Å²) in [6.07, 6.45) is 5.83. The molecule has 0 aliphatic rings. The predicted molar refractivity (Wildman–Crippen MR) is 125 cm³/mol. The number of hydrogen-bond donors (Lipinski definition) is 2. The second-order valence-electron chi connectivity index (χ2n) is 7.51. The fraction of sp³-hybridized carbons (Fsp3) is 0.261.